The molecular formula is C27H30O4. The van der Waals surface area contributed by atoms with E-state index < -0.39 is 0 Å². The van der Waals surface area contributed by atoms with Gasteiger partial charge in [-0.1, -0.05) is 38.1 Å². The molecule has 0 amide bonds. The Hall–Kier alpha value is -3.27. The lowest BCUT2D eigenvalue weighted by atomic mass is 9.93. The zero-order valence-corrected chi connectivity index (χ0v) is 18.6. The number of phenolic OH excluding ortho intramolecular Hbond substituents is 2. The number of carbonyl (C=O) groups excluding carboxylic acids is 1. The van der Waals surface area contributed by atoms with Gasteiger partial charge in [0.05, 0.1) is 0 Å². The maximum atomic E-state index is 12.3. The van der Waals surface area contributed by atoms with Crippen LogP contribution in [0.15, 0.2) is 54.6 Å². The van der Waals surface area contributed by atoms with Gasteiger partial charge in [-0.3, -0.25) is 4.79 Å². The van der Waals surface area contributed by atoms with Crippen LogP contribution in [0.2, 0.25) is 0 Å². The smallest absolute Gasteiger partial charge is 0.174 e. The monoisotopic (exact) mass is 418 g/mol. The summed E-state index contributed by atoms with van der Waals surface area (Å²) in [5.41, 5.74) is 6.31. The molecule has 3 aromatic carbocycles. The van der Waals surface area contributed by atoms with Crippen LogP contribution in [0.4, 0.5) is 0 Å². The zero-order valence-electron chi connectivity index (χ0n) is 18.6. The Morgan fingerprint density at radius 1 is 0.935 bits per heavy atom. The van der Waals surface area contributed by atoms with Crippen LogP contribution in [0.1, 0.15) is 53.1 Å². The fraction of sp³-hybridized carbons (Fsp3) is 0.296. The van der Waals surface area contributed by atoms with Crippen LogP contribution < -0.4 is 4.74 Å². The van der Waals surface area contributed by atoms with Crippen LogP contribution in [-0.4, -0.2) is 22.6 Å². The molecular weight excluding hydrogens is 388 g/mol. The van der Waals surface area contributed by atoms with Crippen molar-refractivity contribution >= 4 is 5.78 Å². The first-order chi connectivity index (χ1) is 14.7. The van der Waals surface area contributed by atoms with E-state index in [0.29, 0.717) is 11.5 Å². The van der Waals surface area contributed by atoms with E-state index in [4.69, 9.17) is 4.74 Å². The summed E-state index contributed by atoms with van der Waals surface area (Å²) in [5.74, 6) is 1.38. The van der Waals surface area contributed by atoms with Crippen LogP contribution in [-0.2, 0) is 17.6 Å². The minimum absolute atomic E-state index is 0.0103. The van der Waals surface area contributed by atoms with Crippen molar-refractivity contribution in [1.29, 1.82) is 0 Å². The number of hydrogen-bond acceptors (Lipinski definition) is 4. The Morgan fingerprint density at radius 2 is 1.65 bits per heavy atom. The molecule has 0 radical (unpaired) electrons. The van der Waals surface area contributed by atoms with Gasteiger partial charge < -0.3 is 14.9 Å². The standard InChI is InChI=1S/C27H30O4/c1-17(2)25-14-21(8-9-27(25)30)15-26-18(3)10-24(11-19(26)4)31-16-23(29)13-20-6-5-7-22(28)12-20/h5-12,14,17,28,30H,13,15-16H2,1-4H3. The number of rotatable bonds is 8. The Kier molecular flexibility index (Phi) is 7.01. The summed E-state index contributed by atoms with van der Waals surface area (Å²) in [4.78, 5) is 12.3. The van der Waals surface area contributed by atoms with Crippen molar-refractivity contribution in [3.05, 3.63) is 88.0 Å². The lowest BCUT2D eigenvalue weighted by Crippen LogP contribution is -2.14. The molecule has 0 fully saturated rings. The molecule has 0 heterocycles. The van der Waals surface area contributed by atoms with E-state index in [0.717, 1.165) is 34.2 Å². The van der Waals surface area contributed by atoms with Gasteiger partial charge in [0.25, 0.3) is 0 Å². The van der Waals surface area contributed by atoms with Crippen molar-refractivity contribution < 1.29 is 19.7 Å². The van der Waals surface area contributed by atoms with Crippen molar-refractivity contribution in [3.63, 3.8) is 0 Å². The van der Waals surface area contributed by atoms with Gasteiger partial charge in [0.15, 0.2) is 5.78 Å². The molecule has 0 unspecified atom stereocenters. The van der Waals surface area contributed by atoms with Gasteiger partial charge in [-0.2, -0.15) is 0 Å². The molecule has 4 nitrogen and oxygen atoms in total. The summed E-state index contributed by atoms with van der Waals surface area (Å²) < 4.78 is 5.76. The zero-order chi connectivity index (χ0) is 22.5. The Labute approximate surface area is 184 Å². The molecule has 2 N–H and O–H groups in total. The highest BCUT2D eigenvalue weighted by atomic mass is 16.5. The fourth-order valence-electron chi connectivity index (χ4n) is 3.81. The molecule has 3 rings (SSSR count). The predicted octanol–water partition coefficient (Wildman–Crippen LogP) is 5.62. The maximum absolute atomic E-state index is 12.3. The van der Waals surface area contributed by atoms with Crippen LogP contribution in [0.5, 0.6) is 17.2 Å². The lowest BCUT2D eigenvalue weighted by molar-refractivity contribution is -0.120. The molecule has 0 aromatic heterocycles. The van der Waals surface area contributed by atoms with Crippen LogP contribution in [0.3, 0.4) is 0 Å². The lowest BCUT2D eigenvalue weighted by Gasteiger charge is -2.15. The fourth-order valence-corrected chi connectivity index (χ4v) is 3.81. The molecule has 4 heteroatoms. The number of carbonyl (C=O) groups is 1. The number of hydrogen-bond donors (Lipinski definition) is 2. The van der Waals surface area contributed by atoms with Gasteiger partial charge in [-0.15, -0.1) is 0 Å². The first kappa shape index (κ1) is 22.4. The van der Waals surface area contributed by atoms with Gasteiger partial charge in [0.1, 0.15) is 23.9 Å². The summed E-state index contributed by atoms with van der Waals surface area (Å²) in [6.45, 7) is 8.23. The number of aryl methyl sites for hydroxylation is 2. The molecule has 31 heavy (non-hydrogen) atoms. The van der Waals surface area contributed by atoms with Gasteiger partial charge in [0, 0.05) is 6.42 Å². The number of benzene rings is 3. The van der Waals surface area contributed by atoms with Gasteiger partial charge in [-0.25, -0.2) is 0 Å². The van der Waals surface area contributed by atoms with E-state index in [1.54, 1.807) is 24.3 Å². The molecule has 0 atom stereocenters. The normalized spacial score (nSPS) is 11.0. The van der Waals surface area contributed by atoms with E-state index in [1.165, 1.54) is 5.56 Å². The molecule has 0 spiro atoms. The summed E-state index contributed by atoms with van der Waals surface area (Å²) >= 11 is 0. The molecule has 3 aromatic rings. The average Bonchev–Trinajstić information content (AvgIpc) is 2.70. The molecule has 0 bridgehead atoms. The Morgan fingerprint density at radius 3 is 2.29 bits per heavy atom. The van der Waals surface area contributed by atoms with E-state index in [9.17, 15) is 15.0 Å². The largest absolute Gasteiger partial charge is 0.508 e. The minimum Gasteiger partial charge on any atom is -0.508 e. The van der Waals surface area contributed by atoms with Gasteiger partial charge >= 0.3 is 0 Å². The molecule has 0 aliphatic heterocycles. The maximum Gasteiger partial charge on any atom is 0.174 e. The second-order valence-corrected chi connectivity index (χ2v) is 8.43. The van der Waals surface area contributed by atoms with Crippen LogP contribution >= 0.6 is 0 Å². The summed E-state index contributed by atoms with van der Waals surface area (Å²) in [6.07, 6.45) is 0.998. The first-order valence-corrected chi connectivity index (χ1v) is 10.6. The third-order valence-corrected chi connectivity index (χ3v) is 5.48. The van der Waals surface area contributed by atoms with Crippen LogP contribution in [0, 0.1) is 13.8 Å². The Balaban J connectivity index is 1.67. The van der Waals surface area contributed by atoms with E-state index in [-0.39, 0.29) is 30.5 Å². The molecule has 0 aliphatic rings. The van der Waals surface area contributed by atoms with E-state index in [2.05, 4.69) is 19.9 Å². The number of Topliss-reactive ketones (excluding diaryl/α,β-unsaturated/α-hetero) is 1. The second kappa shape index (κ2) is 9.69. The highest BCUT2D eigenvalue weighted by Crippen LogP contribution is 2.29. The SMILES string of the molecule is Cc1cc(OCC(=O)Cc2cccc(O)c2)cc(C)c1Cc1ccc(O)c(C(C)C)c1. The first-order valence-electron chi connectivity index (χ1n) is 10.6. The number of aromatic hydroxyl groups is 2. The second-order valence-electron chi connectivity index (χ2n) is 8.43. The summed E-state index contributed by atoms with van der Waals surface area (Å²) in [7, 11) is 0. The van der Waals surface area contributed by atoms with Gasteiger partial charge in [-0.05, 0) is 89.9 Å². The molecule has 0 saturated heterocycles. The number of phenols is 2. The highest BCUT2D eigenvalue weighted by Gasteiger charge is 2.12. The minimum atomic E-state index is -0.0460. The van der Waals surface area contributed by atoms with Crippen molar-refractivity contribution in [2.75, 3.05) is 6.61 Å². The van der Waals surface area contributed by atoms with Crippen molar-refractivity contribution in [2.24, 2.45) is 0 Å². The topological polar surface area (TPSA) is 66.8 Å². The number of ketones is 1. The van der Waals surface area contributed by atoms with E-state index >= 15 is 0 Å². The number of ether oxygens (including phenoxy) is 1. The molecule has 0 aliphatic carbocycles. The van der Waals surface area contributed by atoms with Crippen molar-refractivity contribution in [3.8, 4) is 17.2 Å². The third kappa shape index (κ3) is 5.88. The van der Waals surface area contributed by atoms with Crippen molar-refractivity contribution in [1.82, 2.24) is 0 Å². The predicted molar refractivity (Wildman–Crippen MR) is 123 cm³/mol. The summed E-state index contributed by atoms with van der Waals surface area (Å²) in [6, 6.07) is 16.5. The van der Waals surface area contributed by atoms with Crippen molar-refractivity contribution in [2.45, 2.75) is 46.5 Å². The summed E-state index contributed by atoms with van der Waals surface area (Å²) in [5, 5.41) is 19.6. The quantitative estimate of drug-likeness (QED) is 0.498. The van der Waals surface area contributed by atoms with Gasteiger partial charge in [0.2, 0.25) is 0 Å². The molecule has 162 valence electrons. The van der Waals surface area contributed by atoms with E-state index in [1.807, 2.05) is 38.1 Å². The molecule has 0 saturated carbocycles. The highest BCUT2D eigenvalue weighted by molar-refractivity contribution is 5.82. The Bertz CT molecular complexity index is 1060. The average molecular weight is 419 g/mol. The third-order valence-electron chi connectivity index (χ3n) is 5.48. The van der Waals surface area contributed by atoms with Crippen LogP contribution in [0.25, 0.3) is 0 Å².